The van der Waals surface area contributed by atoms with Gasteiger partial charge in [-0.05, 0) is 32.9 Å². The number of aryl methyl sites for hydroxylation is 2. The van der Waals surface area contributed by atoms with E-state index in [1.807, 2.05) is 50.4 Å². The molecule has 0 spiro atoms. The zero-order valence-corrected chi connectivity index (χ0v) is 16.5. The maximum atomic E-state index is 12.7. The van der Waals surface area contributed by atoms with Gasteiger partial charge in [-0.2, -0.15) is 5.10 Å². The molecule has 0 aliphatic carbocycles. The van der Waals surface area contributed by atoms with Crippen LogP contribution in [0.1, 0.15) is 18.3 Å². The van der Waals surface area contributed by atoms with Crippen LogP contribution in [0.25, 0.3) is 15.2 Å². The highest BCUT2D eigenvalue weighted by molar-refractivity contribution is 8.00. The Kier molecular flexibility index (Phi) is 4.20. The number of hydrogen-bond donors (Lipinski definition) is 1. The van der Waals surface area contributed by atoms with Gasteiger partial charge in [0.1, 0.15) is 0 Å². The number of para-hydroxylation sites is 1. The van der Waals surface area contributed by atoms with Crippen molar-refractivity contribution >= 4 is 49.9 Å². The number of anilines is 1. The molecular weight excluding hydrogens is 368 g/mol. The van der Waals surface area contributed by atoms with Crippen molar-refractivity contribution < 1.29 is 4.79 Å². The molecule has 0 aliphatic rings. The van der Waals surface area contributed by atoms with Gasteiger partial charge < -0.3 is 5.32 Å². The van der Waals surface area contributed by atoms with Crippen LogP contribution in [0.3, 0.4) is 0 Å². The number of thiazole rings is 1. The lowest BCUT2D eigenvalue weighted by atomic mass is 10.3. The molecule has 4 aromatic rings. The third-order valence-electron chi connectivity index (χ3n) is 4.32. The third kappa shape index (κ3) is 2.77. The number of thioether (sulfide) groups is 1. The smallest absolute Gasteiger partial charge is 0.237 e. The molecule has 1 aromatic carbocycles. The number of carbonyl (C=O) groups is 1. The highest BCUT2D eigenvalue weighted by Gasteiger charge is 2.22. The van der Waals surface area contributed by atoms with E-state index in [1.54, 1.807) is 16.0 Å². The van der Waals surface area contributed by atoms with Crippen molar-refractivity contribution in [3.05, 3.63) is 35.7 Å². The number of rotatable bonds is 4. The number of amides is 1. The molecule has 4 rings (SSSR count). The fourth-order valence-corrected chi connectivity index (χ4v) is 4.71. The molecule has 0 aliphatic heterocycles. The van der Waals surface area contributed by atoms with Crippen molar-refractivity contribution in [3.63, 3.8) is 0 Å². The van der Waals surface area contributed by atoms with E-state index in [-0.39, 0.29) is 11.2 Å². The number of hydrogen-bond acceptors (Lipinski definition) is 6. The van der Waals surface area contributed by atoms with E-state index in [4.69, 9.17) is 0 Å². The molecule has 3 heterocycles. The maximum absolute atomic E-state index is 12.7. The van der Waals surface area contributed by atoms with Gasteiger partial charge in [0.2, 0.25) is 10.9 Å². The Morgan fingerprint density at radius 1 is 1.27 bits per heavy atom. The van der Waals surface area contributed by atoms with Crippen LogP contribution in [-0.2, 0) is 11.8 Å². The largest absolute Gasteiger partial charge is 0.322 e. The van der Waals surface area contributed by atoms with Crippen LogP contribution in [0.2, 0.25) is 0 Å². The van der Waals surface area contributed by atoms with Crippen LogP contribution < -0.4 is 5.32 Å². The molecular formula is C17H18N6OS2. The van der Waals surface area contributed by atoms with Gasteiger partial charge >= 0.3 is 0 Å². The van der Waals surface area contributed by atoms with Gasteiger partial charge in [0.15, 0.2) is 5.16 Å². The Balaban J connectivity index is 1.59. The topological polar surface area (TPSA) is 77.1 Å². The highest BCUT2D eigenvalue weighted by atomic mass is 32.2. The first-order valence-electron chi connectivity index (χ1n) is 8.16. The summed E-state index contributed by atoms with van der Waals surface area (Å²) in [5, 5.41) is 16.2. The van der Waals surface area contributed by atoms with E-state index in [0.29, 0.717) is 0 Å². The normalized spacial score (nSPS) is 12.8. The average molecular weight is 387 g/mol. The van der Waals surface area contributed by atoms with Crippen LogP contribution in [0.15, 0.2) is 29.4 Å². The molecule has 26 heavy (non-hydrogen) atoms. The minimum Gasteiger partial charge on any atom is -0.322 e. The Labute approximate surface area is 158 Å². The molecule has 1 unspecified atom stereocenters. The van der Waals surface area contributed by atoms with Gasteiger partial charge in [0.05, 0.1) is 32.5 Å². The van der Waals surface area contributed by atoms with Crippen molar-refractivity contribution in [2.45, 2.75) is 31.2 Å². The van der Waals surface area contributed by atoms with Crippen LogP contribution >= 0.6 is 23.1 Å². The summed E-state index contributed by atoms with van der Waals surface area (Å²) in [5.41, 5.74) is 3.58. The Hall–Kier alpha value is -2.39. The van der Waals surface area contributed by atoms with Crippen molar-refractivity contribution in [3.8, 4) is 0 Å². The van der Waals surface area contributed by atoms with E-state index in [9.17, 15) is 4.79 Å². The van der Waals surface area contributed by atoms with Crippen molar-refractivity contribution in [1.82, 2.24) is 24.4 Å². The minimum absolute atomic E-state index is 0.0783. The minimum atomic E-state index is -0.319. The van der Waals surface area contributed by atoms with Crippen molar-refractivity contribution in [2.75, 3.05) is 5.32 Å². The Morgan fingerprint density at radius 3 is 2.77 bits per heavy atom. The number of aromatic nitrogens is 5. The average Bonchev–Trinajstić information content (AvgIpc) is 3.24. The summed E-state index contributed by atoms with van der Waals surface area (Å²) in [6.07, 6.45) is 0. The molecule has 134 valence electrons. The van der Waals surface area contributed by atoms with Crippen LogP contribution in [0.4, 0.5) is 5.69 Å². The summed E-state index contributed by atoms with van der Waals surface area (Å²) in [6, 6.07) is 8.10. The lowest BCUT2D eigenvalue weighted by Gasteiger charge is -2.11. The highest BCUT2D eigenvalue weighted by Crippen LogP contribution is 2.31. The second-order valence-corrected chi connectivity index (χ2v) is 8.41. The van der Waals surface area contributed by atoms with Crippen LogP contribution in [0, 0.1) is 13.8 Å². The SMILES string of the molecule is Cc1nn(C)c(C)c1NC(=O)C(C)Sc1nnc2sc3ccccc3n12. The monoisotopic (exact) mass is 386 g/mol. The number of benzene rings is 1. The first-order chi connectivity index (χ1) is 12.5. The number of nitrogens with one attached hydrogen (secondary N) is 1. The molecule has 9 heteroatoms. The van der Waals surface area contributed by atoms with E-state index in [2.05, 4.69) is 26.7 Å². The third-order valence-corrected chi connectivity index (χ3v) is 6.37. The lowest BCUT2D eigenvalue weighted by molar-refractivity contribution is -0.115. The van der Waals surface area contributed by atoms with E-state index in [1.165, 1.54) is 11.8 Å². The zero-order chi connectivity index (χ0) is 18.4. The molecule has 1 amide bonds. The second-order valence-electron chi connectivity index (χ2n) is 6.09. The number of nitrogens with zero attached hydrogens (tertiary/aromatic N) is 5. The molecule has 0 radical (unpaired) electrons. The van der Waals surface area contributed by atoms with Gasteiger partial charge in [0, 0.05) is 7.05 Å². The van der Waals surface area contributed by atoms with Gasteiger partial charge in [-0.25, -0.2) is 0 Å². The molecule has 0 fully saturated rings. The molecule has 1 N–H and O–H groups in total. The summed E-state index contributed by atoms with van der Waals surface area (Å²) in [6.45, 7) is 5.70. The molecule has 7 nitrogen and oxygen atoms in total. The van der Waals surface area contributed by atoms with Crippen LogP contribution in [-0.4, -0.2) is 35.5 Å². The summed E-state index contributed by atoms with van der Waals surface area (Å²) in [4.78, 5) is 13.5. The van der Waals surface area contributed by atoms with Crippen molar-refractivity contribution in [1.29, 1.82) is 0 Å². The van der Waals surface area contributed by atoms with Gasteiger partial charge in [-0.3, -0.25) is 13.9 Å². The summed E-state index contributed by atoms with van der Waals surface area (Å²) >= 11 is 2.99. The van der Waals surface area contributed by atoms with E-state index in [0.717, 1.165) is 37.4 Å². The predicted octanol–water partition coefficient (Wildman–Crippen LogP) is 3.41. The predicted molar refractivity (Wildman–Crippen MR) is 105 cm³/mol. The summed E-state index contributed by atoms with van der Waals surface area (Å²) in [5.74, 6) is -0.0783. The maximum Gasteiger partial charge on any atom is 0.237 e. The van der Waals surface area contributed by atoms with Gasteiger partial charge in [0.25, 0.3) is 0 Å². The van der Waals surface area contributed by atoms with E-state index < -0.39 is 0 Å². The molecule has 0 saturated heterocycles. The summed E-state index contributed by atoms with van der Waals surface area (Å²) in [7, 11) is 1.87. The van der Waals surface area contributed by atoms with Gasteiger partial charge in [-0.15, -0.1) is 10.2 Å². The lowest BCUT2D eigenvalue weighted by Crippen LogP contribution is -2.23. The molecule has 3 aromatic heterocycles. The quantitative estimate of drug-likeness (QED) is 0.544. The Bertz CT molecular complexity index is 1130. The van der Waals surface area contributed by atoms with Crippen LogP contribution in [0.5, 0.6) is 0 Å². The number of fused-ring (bicyclic) bond motifs is 3. The molecule has 1 atom stereocenters. The first-order valence-corrected chi connectivity index (χ1v) is 9.85. The summed E-state index contributed by atoms with van der Waals surface area (Å²) < 4.78 is 4.93. The molecule has 0 saturated carbocycles. The fraction of sp³-hybridized carbons (Fsp3) is 0.294. The van der Waals surface area contributed by atoms with Gasteiger partial charge in [-0.1, -0.05) is 35.2 Å². The molecule has 0 bridgehead atoms. The zero-order valence-electron chi connectivity index (χ0n) is 14.8. The van der Waals surface area contributed by atoms with E-state index >= 15 is 0 Å². The Morgan fingerprint density at radius 2 is 2.04 bits per heavy atom. The first kappa shape index (κ1) is 17.0. The van der Waals surface area contributed by atoms with Crippen molar-refractivity contribution in [2.24, 2.45) is 7.05 Å². The fourth-order valence-electron chi connectivity index (χ4n) is 2.82. The number of carbonyl (C=O) groups excluding carboxylic acids is 1. The standard InChI is InChI=1S/C17H18N6OS2/c1-9-14(10(2)22(4)21-9)18-15(24)11(3)25-16-19-20-17-23(16)12-7-5-6-8-13(12)26-17/h5-8,11H,1-4H3,(H,18,24). The second kappa shape index (κ2) is 6.40.